The quantitative estimate of drug-likeness (QED) is 0.418. The lowest BCUT2D eigenvalue weighted by Crippen LogP contribution is -2.23. The van der Waals surface area contributed by atoms with Crippen LogP contribution in [0.25, 0.3) is 28.0 Å². The van der Waals surface area contributed by atoms with E-state index in [9.17, 15) is 18.0 Å². The van der Waals surface area contributed by atoms with Crippen molar-refractivity contribution in [3.05, 3.63) is 75.9 Å². The standard InChI is InChI=1S/C21H13Cl2F3N4O/c1-27-20(31)14-10-13-17(11-6-8-12(22)9-7-11)30(16-5-3-2-4-15(16)23)29-19(13)28-18(14)21(24,25)26/h2-10H,1H3,(H,27,31). The maximum Gasteiger partial charge on any atom is 0.434 e. The van der Waals surface area contributed by atoms with E-state index < -0.39 is 23.3 Å². The van der Waals surface area contributed by atoms with E-state index in [-0.39, 0.29) is 11.0 Å². The fourth-order valence-electron chi connectivity index (χ4n) is 3.22. The third kappa shape index (κ3) is 3.84. The molecule has 31 heavy (non-hydrogen) atoms. The largest absolute Gasteiger partial charge is 0.434 e. The molecule has 0 saturated heterocycles. The van der Waals surface area contributed by atoms with E-state index in [1.165, 1.54) is 11.7 Å². The summed E-state index contributed by atoms with van der Waals surface area (Å²) in [4.78, 5) is 15.9. The van der Waals surface area contributed by atoms with Crippen molar-refractivity contribution in [2.45, 2.75) is 6.18 Å². The molecule has 0 saturated carbocycles. The molecule has 10 heteroatoms. The summed E-state index contributed by atoms with van der Waals surface area (Å²) in [6, 6.07) is 14.6. The molecule has 0 unspecified atom stereocenters. The van der Waals surface area contributed by atoms with Gasteiger partial charge in [0.2, 0.25) is 0 Å². The smallest absolute Gasteiger partial charge is 0.355 e. The van der Waals surface area contributed by atoms with Gasteiger partial charge in [0.25, 0.3) is 5.91 Å². The van der Waals surface area contributed by atoms with E-state index in [0.717, 1.165) is 6.07 Å². The van der Waals surface area contributed by atoms with E-state index in [1.54, 1.807) is 48.5 Å². The van der Waals surface area contributed by atoms with Crippen LogP contribution in [0.5, 0.6) is 0 Å². The molecule has 0 spiro atoms. The number of carbonyl (C=O) groups excluding carboxylic acids is 1. The summed E-state index contributed by atoms with van der Waals surface area (Å²) in [6.45, 7) is 0. The number of halogens is 5. The number of hydrogen-bond acceptors (Lipinski definition) is 3. The third-order valence-electron chi connectivity index (χ3n) is 4.60. The molecule has 5 nitrogen and oxygen atoms in total. The number of fused-ring (bicyclic) bond motifs is 1. The highest BCUT2D eigenvalue weighted by molar-refractivity contribution is 6.32. The molecule has 0 fully saturated rings. The van der Waals surface area contributed by atoms with E-state index in [1.807, 2.05) is 0 Å². The first kappa shape index (κ1) is 21.1. The molecule has 4 aromatic rings. The summed E-state index contributed by atoms with van der Waals surface area (Å²) < 4.78 is 42.3. The van der Waals surface area contributed by atoms with Crippen LogP contribution in [0.3, 0.4) is 0 Å². The van der Waals surface area contributed by atoms with Gasteiger partial charge in [0, 0.05) is 23.0 Å². The first-order valence-electron chi connectivity index (χ1n) is 8.94. The zero-order valence-electron chi connectivity index (χ0n) is 15.8. The van der Waals surface area contributed by atoms with Crippen LogP contribution in [0.4, 0.5) is 13.2 Å². The molecular formula is C21H13Cl2F3N4O. The minimum absolute atomic E-state index is 0.176. The van der Waals surface area contributed by atoms with Crippen molar-refractivity contribution >= 4 is 40.1 Å². The van der Waals surface area contributed by atoms with Gasteiger partial charge < -0.3 is 5.32 Å². The minimum atomic E-state index is -4.84. The molecule has 0 bridgehead atoms. The number of alkyl halides is 3. The molecular weight excluding hydrogens is 452 g/mol. The number of hydrogen-bond donors (Lipinski definition) is 1. The van der Waals surface area contributed by atoms with Crippen molar-refractivity contribution in [2.24, 2.45) is 0 Å². The monoisotopic (exact) mass is 464 g/mol. The summed E-state index contributed by atoms with van der Waals surface area (Å²) in [5, 5.41) is 7.61. The molecule has 2 heterocycles. The highest BCUT2D eigenvalue weighted by Gasteiger charge is 2.38. The predicted molar refractivity (Wildman–Crippen MR) is 113 cm³/mol. The lowest BCUT2D eigenvalue weighted by molar-refractivity contribution is -0.141. The number of amides is 1. The Morgan fingerprint density at radius 3 is 2.35 bits per heavy atom. The van der Waals surface area contributed by atoms with Crippen molar-refractivity contribution in [1.29, 1.82) is 0 Å². The average molecular weight is 465 g/mol. The zero-order chi connectivity index (χ0) is 22.3. The van der Waals surface area contributed by atoms with Crippen molar-refractivity contribution in [3.63, 3.8) is 0 Å². The van der Waals surface area contributed by atoms with Gasteiger partial charge in [-0.2, -0.15) is 13.2 Å². The van der Waals surface area contributed by atoms with Gasteiger partial charge in [-0.05, 0) is 30.3 Å². The van der Waals surface area contributed by atoms with E-state index in [2.05, 4.69) is 15.4 Å². The Hall–Kier alpha value is -3.10. The highest BCUT2D eigenvalue weighted by atomic mass is 35.5. The second-order valence-corrected chi connectivity index (χ2v) is 7.39. The van der Waals surface area contributed by atoms with Crippen LogP contribution in [-0.2, 0) is 6.18 Å². The molecule has 0 radical (unpaired) electrons. The summed E-state index contributed by atoms with van der Waals surface area (Å²) in [5.74, 6) is -0.908. The fraction of sp³-hybridized carbons (Fsp3) is 0.0952. The van der Waals surface area contributed by atoms with E-state index in [4.69, 9.17) is 23.2 Å². The topological polar surface area (TPSA) is 59.8 Å². The molecule has 2 aromatic heterocycles. The molecule has 0 aliphatic rings. The second-order valence-electron chi connectivity index (χ2n) is 6.55. The van der Waals surface area contributed by atoms with Gasteiger partial charge in [0.05, 0.1) is 22.0 Å². The van der Waals surface area contributed by atoms with Crippen molar-refractivity contribution < 1.29 is 18.0 Å². The van der Waals surface area contributed by atoms with E-state index in [0.29, 0.717) is 27.0 Å². The number of carbonyl (C=O) groups is 1. The Balaban J connectivity index is 2.12. The van der Waals surface area contributed by atoms with Crippen LogP contribution in [0.15, 0.2) is 54.6 Å². The number of rotatable bonds is 3. The fourth-order valence-corrected chi connectivity index (χ4v) is 3.56. The Kier molecular flexibility index (Phi) is 5.36. The van der Waals surface area contributed by atoms with Crippen LogP contribution in [0.1, 0.15) is 16.1 Å². The lowest BCUT2D eigenvalue weighted by Gasteiger charge is -2.11. The Bertz CT molecular complexity index is 1300. The van der Waals surface area contributed by atoms with Gasteiger partial charge in [-0.15, -0.1) is 5.10 Å². The number of para-hydroxylation sites is 1. The summed E-state index contributed by atoms with van der Waals surface area (Å²) in [7, 11) is 1.25. The summed E-state index contributed by atoms with van der Waals surface area (Å²) in [5.41, 5.74) is -0.614. The number of aromatic nitrogens is 3. The predicted octanol–water partition coefficient (Wildman–Crippen LogP) is 5.77. The molecule has 4 rings (SSSR count). The minimum Gasteiger partial charge on any atom is -0.355 e. The Morgan fingerprint density at radius 2 is 1.74 bits per heavy atom. The Labute approximate surface area is 184 Å². The van der Waals surface area contributed by atoms with Gasteiger partial charge in [0.15, 0.2) is 11.3 Å². The molecule has 158 valence electrons. The number of nitrogens with one attached hydrogen (secondary N) is 1. The van der Waals surface area contributed by atoms with E-state index >= 15 is 0 Å². The molecule has 1 amide bonds. The molecule has 0 aliphatic heterocycles. The van der Waals surface area contributed by atoms with Crippen molar-refractivity contribution in [3.8, 4) is 16.9 Å². The average Bonchev–Trinajstić information content (AvgIpc) is 3.11. The normalized spacial score (nSPS) is 11.7. The summed E-state index contributed by atoms with van der Waals surface area (Å²) >= 11 is 12.3. The number of benzene rings is 2. The molecule has 1 N–H and O–H groups in total. The Morgan fingerprint density at radius 1 is 1.06 bits per heavy atom. The first-order valence-corrected chi connectivity index (χ1v) is 9.70. The van der Waals surface area contributed by atoms with Crippen LogP contribution in [-0.4, -0.2) is 27.7 Å². The van der Waals surface area contributed by atoms with Gasteiger partial charge >= 0.3 is 6.18 Å². The molecule has 0 atom stereocenters. The van der Waals surface area contributed by atoms with Gasteiger partial charge in [-0.25, -0.2) is 9.67 Å². The zero-order valence-corrected chi connectivity index (χ0v) is 17.3. The first-order chi connectivity index (χ1) is 14.7. The lowest BCUT2D eigenvalue weighted by atomic mass is 10.1. The van der Waals surface area contributed by atoms with Gasteiger partial charge in [-0.3, -0.25) is 4.79 Å². The second kappa shape index (κ2) is 7.86. The van der Waals surface area contributed by atoms with Crippen molar-refractivity contribution in [1.82, 2.24) is 20.1 Å². The van der Waals surface area contributed by atoms with Crippen molar-refractivity contribution in [2.75, 3.05) is 7.05 Å². The maximum atomic E-state index is 13.6. The third-order valence-corrected chi connectivity index (χ3v) is 5.17. The van der Waals surface area contributed by atoms with Crippen LogP contribution < -0.4 is 5.32 Å². The summed E-state index contributed by atoms with van der Waals surface area (Å²) in [6.07, 6.45) is -4.84. The number of nitrogens with zero attached hydrogens (tertiary/aromatic N) is 3. The highest BCUT2D eigenvalue weighted by Crippen LogP contribution is 2.37. The maximum absolute atomic E-state index is 13.6. The van der Waals surface area contributed by atoms with Gasteiger partial charge in [0.1, 0.15) is 0 Å². The SMILES string of the molecule is CNC(=O)c1cc2c(-c3ccc(Cl)cc3)n(-c3ccccc3Cl)nc2nc1C(F)(F)F. The van der Waals surface area contributed by atoms with Crippen LogP contribution in [0.2, 0.25) is 10.0 Å². The number of pyridine rings is 1. The van der Waals surface area contributed by atoms with Crippen LogP contribution >= 0.6 is 23.2 Å². The van der Waals surface area contributed by atoms with Gasteiger partial charge in [-0.1, -0.05) is 47.5 Å². The van der Waals surface area contributed by atoms with Crippen LogP contribution in [0, 0.1) is 0 Å². The molecule has 2 aromatic carbocycles. The molecule has 0 aliphatic carbocycles.